The summed E-state index contributed by atoms with van der Waals surface area (Å²) in [6.45, 7) is 1.89. The Bertz CT molecular complexity index is 825. The first-order chi connectivity index (χ1) is 11.9. The van der Waals surface area contributed by atoms with Gasteiger partial charge in [-0.1, -0.05) is 0 Å². The van der Waals surface area contributed by atoms with E-state index in [1.54, 1.807) is 25.3 Å². The van der Waals surface area contributed by atoms with E-state index in [1.165, 1.54) is 22.9 Å². The van der Waals surface area contributed by atoms with Gasteiger partial charge in [0.25, 0.3) is 0 Å². The second-order valence-electron chi connectivity index (χ2n) is 5.66. The molecule has 1 aromatic carbocycles. The van der Waals surface area contributed by atoms with Crippen LogP contribution in [0.1, 0.15) is 5.69 Å². The third-order valence-corrected chi connectivity index (χ3v) is 4.35. The van der Waals surface area contributed by atoms with Gasteiger partial charge in [0, 0.05) is 23.9 Å². The molecule has 0 bridgehead atoms. The predicted molar refractivity (Wildman–Crippen MR) is 89.8 cm³/mol. The highest BCUT2D eigenvalue weighted by Gasteiger charge is 2.36. The summed E-state index contributed by atoms with van der Waals surface area (Å²) in [5.41, 5.74) is 2.13. The number of cyclic esters (lactones) is 1. The molecule has 1 fully saturated rings. The third kappa shape index (κ3) is 3.17. The first-order valence-corrected chi connectivity index (χ1v) is 8.05. The number of H-pyrrole nitrogens is 1. The fourth-order valence-corrected chi connectivity index (χ4v) is 2.82. The first-order valence-electron chi connectivity index (χ1n) is 7.52. The second-order valence-corrected chi connectivity index (χ2v) is 5.93. The summed E-state index contributed by atoms with van der Waals surface area (Å²) in [4.78, 5) is 26.2. The maximum Gasteiger partial charge on any atom is 0.416 e. The van der Waals surface area contributed by atoms with Gasteiger partial charge in [-0.2, -0.15) is 5.10 Å². The van der Waals surface area contributed by atoms with Gasteiger partial charge in [0.1, 0.15) is 11.7 Å². The average Bonchev–Trinajstić information content (AvgIpc) is 3.19. The molecule has 1 saturated heterocycles. The van der Waals surface area contributed by atoms with Crippen LogP contribution in [0.4, 0.5) is 14.9 Å². The van der Waals surface area contributed by atoms with Crippen molar-refractivity contribution >= 4 is 29.3 Å². The van der Waals surface area contributed by atoms with E-state index in [2.05, 4.69) is 10.2 Å². The summed E-state index contributed by atoms with van der Waals surface area (Å²) in [6.07, 6.45) is 0.129. The molecule has 0 unspecified atom stereocenters. The lowest BCUT2D eigenvalue weighted by Crippen LogP contribution is -2.40. The number of alkyl halides is 1. The molecule has 9 heteroatoms. The normalized spacial score (nSPS) is 16.9. The summed E-state index contributed by atoms with van der Waals surface area (Å²) in [6, 6.07) is 4.46. The van der Waals surface area contributed by atoms with Gasteiger partial charge < -0.3 is 9.64 Å². The molecule has 0 radical (unpaired) electrons. The van der Waals surface area contributed by atoms with Gasteiger partial charge in [0.2, 0.25) is 5.91 Å². The molecule has 1 N–H and O–H groups in total. The number of hydrogen-bond donors (Lipinski definition) is 1. The van der Waals surface area contributed by atoms with Crippen LogP contribution in [0.15, 0.2) is 24.4 Å². The van der Waals surface area contributed by atoms with Crippen LogP contribution in [-0.2, 0) is 9.53 Å². The van der Waals surface area contributed by atoms with Gasteiger partial charge in [-0.05, 0) is 25.1 Å². The van der Waals surface area contributed by atoms with E-state index in [1.807, 2.05) is 0 Å². The summed E-state index contributed by atoms with van der Waals surface area (Å²) in [5.74, 6) is -1.06. The topological polar surface area (TPSA) is 78.5 Å². The maximum absolute atomic E-state index is 14.5. The molecule has 25 heavy (non-hydrogen) atoms. The number of carbonyl (C=O) groups is 2. The fraction of sp³-hybridized carbons (Fsp3) is 0.312. The van der Waals surface area contributed by atoms with E-state index in [9.17, 15) is 14.0 Å². The molecule has 2 aromatic rings. The fourth-order valence-electron chi connectivity index (χ4n) is 2.63. The third-order valence-electron chi connectivity index (χ3n) is 4.12. The maximum atomic E-state index is 14.5. The number of aromatic amines is 1. The first kappa shape index (κ1) is 17.2. The van der Waals surface area contributed by atoms with Crippen molar-refractivity contribution in [2.24, 2.45) is 0 Å². The molecular weight excluding hydrogens is 351 g/mol. The van der Waals surface area contributed by atoms with Crippen LogP contribution < -0.4 is 4.90 Å². The van der Waals surface area contributed by atoms with Gasteiger partial charge in [0.05, 0.1) is 18.4 Å². The lowest BCUT2D eigenvalue weighted by molar-refractivity contribution is -0.134. The average molecular weight is 367 g/mol. The van der Waals surface area contributed by atoms with Gasteiger partial charge in [-0.15, -0.1) is 11.6 Å². The molecule has 0 spiro atoms. The number of rotatable bonds is 4. The number of anilines is 1. The minimum Gasteiger partial charge on any atom is -0.423 e. The molecule has 7 nitrogen and oxygen atoms in total. The molecule has 132 valence electrons. The number of nitrogens with zero attached hydrogens (tertiary/aromatic N) is 3. The van der Waals surface area contributed by atoms with Crippen molar-refractivity contribution in [3.63, 3.8) is 0 Å². The van der Waals surface area contributed by atoms with Crippen molar-refractivity contribution in [1.29, 1.82) is 0 Å². The number of halogens is 2. The lowest BCUT2D eigenvalue weighted by atomic mass is 10.1. The van der Waals surface area contributed by atoms with Crippen LogP contribution in [0.5, 0.6) is 0 Å². The zero-order valence-electron chi connectivity index (χ0n) is 13.6. The van der Waals surface area contributed by atoms with Crippen LogP contribution in [0.25, 0.3) is 11.1 Å². The van der Waals surface area contributed by atoms with Gasteiger partial charge in [0.15, 0.2) is 6.23 Å². The van der Waals surface area contributed by atoms with E-state index in [4.69, 9.17) is 16.3 Å². The standard InChI is InChI=1S/C16H16ClFN4O3/c1-9-12(7-19-20-9)11-4-3-10(5-13(11)18)22-8-15(25-16(22)24)21(2)14(23)6-17/h3-5,7,15H,6,8H2,1-2H3,(H,19,20)/t15-/m0/s1. The Morgan fingerprint density at radius 2 is 2.28 bits per heavy atom. The number of likely N-dealkylation sites (N-methyl/N-ethyl adjacent to an activating group) is 1. The number of benzene rings is 1. The van der Waals surface area contributed by atoms with E-state index >= 15 is 0 Å². The molecule has 2 amide bonds. The molecule has 1 aliphatic heterocycles. The van der Waals surface area contributed by atoms with Gasteiger partial charge in [-0.25, -0.2) is 9.18 Å². The molecule has 2 heterocycles. The van der Waals surface area contributed by atoms with Crippen molar-refractivity contribution in [1.82, 2.24) is 15.1 Å². The van der Waals surface area contributed by atoms with Crippen molar-refractivity contribution in [2.45, 2.75) is 13.2 Å². The Labute approximate surface area is 148 Å². The van der Waals surface area contributed by atoms with E-state index in [-0.39, 0.29) is 18.3 Å². The van der Waals surface area contributed by atoms with Crippen molar-refractivity contribution in [2.75, 3.05) is 24.4 Å². The van der Waals surface area contributed by atoms with Crippen LogP contribution >= 0.6 is 11.6 Å². The summed E-state index contributed by atoms with van der Waals surface area (Å²) in [7, 11) is 1.50. The number of nitrogens with one attached hydrogen (secondary N) is 1. The molecule has 1 aromatic heterocycles. The van der Waals surface area contributed by atoms with E-state index < -0.39 is 18.1 Å². The zero-order valence-corrected chi connectivity index (χ0v) is 14.4. The minimum absolute atomic E-state index is 0.0987. The second kappa shape index (κ2) is 6.72. The molecule has 1 atom stereocenters. The van der Waals surface area contributed by atoms with Gasteiger partial charge in [-0.3, -0.25) is 14.8 Å². The van der Waals surface area contributed by atoms with Crippen LogP contribution in [0.2, 0.25) is 0 Å². The Morgan fingerprint density at radius 1 is 1.52 bits per heavy atom. The Morgan fingerprint density at radius 3 is 2.88 bits per heavy atom. The van der Waals surface area contributed by atoms with Crippen molar-refractivity contribution < 1.29 is 18.7 Å². The van der Waals surface area contributed by atoms with Crippen LogP contribution in [0.3, 0.4) is 0 Å². The lowest BCUT2D eigenvalue weighted by Gasteiger charge is -2.21. The number of hydrogen-bond acceptors (Lipinski definition) is 4. The molecule has 0 saturated carbocycles. The Hall–Kier alpha value is -2.61. The number of amides is 2. The minimum atomic E-state index is -0.766. The highest BCUT2D eigenvalue weighted by atomic mass is 35.5. The number of aromatic nitrogens is 2. The molecular formula is C16H16ClFN4O3. The number of carbonyl (C=O) groups excluding carboxylic acids is 2. The largest absolute Gasteiger partial charge is 0.423 e. The molecule has 1 aliphatic rings. The van der Waals surface area contributed by atoms with Gasteiger partial charge >= 0.3 is 6.09 Å². The smallest absolute Gasteiger partial charge is 0.416 e. The SMILES string of the molecule is Cc1[nH]ncc1-c1ccc(N2C[C@@H](N(C)C(=O)CCl)OC2=O)cc1F. The van der Waals surface area contributed by atoms with Crippen molar-refractivity contribution in [3.05, 3.63) is 35.9 Å². The Kier molecular flexibility index (Phi) is 4.63. The summed E-state index contributed by atoms with van der Waals surface area (Å²) in [5, 5.41) is 6.64. The van der Waals surface area contributed by atoms with Crippen molar-refractivity contribution in [3.8, 4) is 11.1 Å². The predicted octanol–water partition coefficient (Wildman–Crippen LogP) is 2.50. The quantitative estimate of drug-likeness (QED) is 0.843. The molecule has 3 rings (SSSR count). The number of ether oxygens (including phenoxy) is 1. The van der Waals surface area contributed by atoms with Crippen LogP contribution in [-0.4, -0.2) is 52.8 Å². The number of aryl methyl sites for hydroxylation is 1. The van der Waals surface area contributed by atoms with Crippen LogP contribution in [0, 0.1) is 12.7 Å². The zero-order chi connectivity index (χ0) is 18.1. The molecule has 0 aliphatic carbocycles. The summed E-state index contributed by atoms with van der Waals surface area (Å²) < 4.78 is 19.7. The highest BCUT2D eigenvalue weighted by molar-refractivity contribution is 6.27. The summed E-state index contributed by atoms with van der Waals surface area (Å²) >= 11 is 5.51. The Balaban J connectivity index is 1.83. The van der Waals surface area contributed by atoms with E-state index in [0.29, 0.717) is 16.8 Å². The monoisotopic (exact) mass is 366 g/mol. The van der Waals surface area contributed by atoms with E-state index in [0.717, 1.165) is 5.69 Å². The highest BCUT2D eigenvalue weighted by Crippen LogP contribution is 2.30.